The molecule has 40 heavy (non-hydrogen) atoms. The van der Waals surface area contributed by atoms with E-state index < -0.39 is 16.1 Å². The van der Waals surface area contributed by atoms with E-state index in [9.17, 15) is 18.0 Å². The lowest BCUT2D eigenvalue weighted by Crippen LogP contribution is -2.51. The molecule has 216 valence electrons. The number of rotatable bonds is 13. The first-order chi connectivity index (χ1) is 19.0. The number of aromatic nitrogens is 1. The van der Waals surface area contributed by atoms with Gasteiger partial charge in [0.1, 0.15) is 6.04 Å². The van der Waals surface area contributed by atoms with Gasteiger partial charge in [0.05, 0.1) is 10.6 Å². The van der Waals surface area contributed by atoms with Crippen LogP contribution in [0.5, 0.6) is 0 Å². The fraction of sp³-hybridized carbons (Fsp3) is 0.433. The van der Waals surface area contributed by atoms with E-state index in [0.717, 1.165) is 18.4 Å². The van der Waals surface area contributed by atoms with E-state index in [2.05, 4.69) is 15.2 Å². The van der Waals surface area contributed by atoms with E-state index in [-0.39, 0.29) is 35.1 Å². The van der Waals surface area contributed by atoms with E-state index in [0.29, 0.717) is 35.3 Å². The zero-order chi connectivity index (χ0) is 29.4. The average molecular weight is 569 g/mol. The highest BCUT2D eigenvalue weighted by atomic mass is 32.2. The van der Waals surface area contributed by atoms with Crippen LogP contribution in [0.25, 0.3) is 11.1 Å². The Morgan fingerprint density at radius 3 is 2.27 bits per heavy atom. The maximum atomic E-state index is 13.3. The molecular formula is C30H40N4O5S. The zero-order valence-corrected chi connectivity index (χ0v) is 25.0. The second kappa shape index (κ2) is 13.6. The minimum atomic E-state index is -3.97. The first-order valence-electron chi connectivity index (χ1n) is 13.7. The number of unbranched alkanes of at least 4 members (excludes halogenated alkanes) is 1. The van der Waals surface area contributed by atoms with E-state index in [1.54, 1.807) is 36.9 Å². The molecule has 1 aromatic heterocycles. The minimum Gasteiger partial charge on any atom is -0.355 e. The van der Waals surface area contributed by atoms with Gasteiger partial charge in [-0.1, -0.05) is 74.8 Å². The molecule has 0 aliphatic carbocycles. The molecule has 0 aliphatic rings. The quantitative estimate of drug-likeness (QED) is 0.283. The van der Waals surface area contributed by atoms with Crippen LogP contribution >= 0.6 is 0 Å². The van der Waals surface area contributed by atoms with E-state index in [1.165, 1.54) is 6.07 Å². The molecule has 1 atom stereocenters. The van der Waals surface area contributed by atoms with E-state index in [4.69, 9.17) is 4.52 Å². The highest BCUT2D eigenvalue weighted by Gasteiger charge is 2.32. The Bertz CT molecular complexity index is 1410. The van der Waals surface area contributed by atoms with Crippen molar-refractivity contribution in [3.8, 4) is 11.1 Å². The molecule has 0 saturated heterocycles. The summed E-state index contributed by atoms with van der Waals surface area (Å²) in [6.45, 7) is 12.0. The predicted octanol–water partition coefficient (Wildman–Crippen LogP) is 5.44. The first kappa shape index (κ1) is 30.9. The van der Waals surface area contributed by atoms with Crippen molar-refractivity contribution in [1.29, 1.82) is 0 Å². The molecule has 1 heterocycles. The van der Waals surface area contributed by atoms with Gasteiger partial charge in [0, 0.05) is 30.6 Å². The summed E-state index contributed by atoms with van der Waals surface area (Å²) in [6, 6.07) is 13.5. The number of amides is 2. The van der Waals surface area contributed by atoms with Crippen molar-refractivity contribution in [2.75, 3.05) is 11.3 Å². The number of hydrogen-bond acceptors (Lipinski definition) is 6. The molecule has 0 saturated carbocycles. The lowest BCUT2D eigenvalue weighted by Gasteiger charge is -2.33. The number of carbonyl (C=O) groups excluding carboxylic acids is 2. The molecule has 2 N–H and O–H groups in total. The van der Waals surface area contributed by atoms with Gasteiger partial charge in [-0.25, -0.2) is 13.1 Å². The van der Waals surface area contributed by atoms with Crippen molar-refractivity contribution in [3.05, 3.63) is 65.4 Å². The molecular weight excluding hydrogens is 528 g/mol. The number of nitrogens with one attached hydrogen (secondary N) is 2. The summed E-state index contributed by atoms with van der Waals surface area (Å²) in [4.78, 5) is 28.0. The molecule has 1 unspecified atom stereocenters. The van der Waals surface area contributed by atoms with Crippen molar-refractivity contribution in [3.63, 3.8) is 0 Å². The first-order valence-corrected chi connectivity index (χ1v) is 15.2. The summed E-state index contributed by atoms with van der Waals surface area (Å²) in [5, 5.41) is 6.70. The smallest absolute Gasteiger partial charge is 0.264 e. The molecule has 2 aromatic carbocycles. The van der Waals surface area contributed by atoms with E-state index >= 15 is 0 Å². The van der Waals surface area contributed by atoms with Crippen molar-refractivity contribution in [2.45, 2.75) is 78.3 Å². The number of nitrogens with zero attached hydrogens (tertiary/aromatic N) is 2. The predicted molar refractivity (Wildman–Crippen MR) is 156 cm³/mol. The number of benzene rings is 2. The van der Waals surface area contributed by atoms with Gasteiger partial charge in [-0.15, -0.1) is 0 Å². The van der Waals surface area contributed by atoms with Crippen LogP contribution in [0.1, 0.15) is 63.8 Å². The van der Waals surface area contributed by atoms with E-state index in [1.807, 2.05) is 52.0 Å². The second-order valence-electron chi connectivity index (χ2n) is 10.2. The molecule has 3 aromatic rings. The topological polar surface area (TPSA) is 122 Å². The van der Waals surface area contributed by atoms with Crippen LogP contribution in [0.3, 0.4) is 0 Å². The Hall–Kier alpha value is -3.66. The van der Waals surface area contributed by atoms with Crippen LogP contribution in [0.15, 0.2) is 57.9 Å². The Balaban J connectivity index is 1.91. The van der Waals surface area contributed by atoms with Crippen LogP contribution in [0.4, 0.5) is 5.88 Å². The molecule has 10 heteroatoms. The molecule has 0 aliphatic heterocycles. The molecule has 9 nitrogen and oxygen atoms in total. The van der Waals surface area contributed by atoms with Crippen LogP contribution in [0.2, 0.25) is 0 Å². The van der Waals surface area contributed by atoms with Gasteiger partial charge < -0.3 is 14.7 Å². The van der Waals surface area contributed by atoms with Gasteiger partial charge in [0.15, 0.2) is 0 Å². The van der Waals surface area contributed by atoms with Crippen molar-refractivity contribution in [2.24, 2.45) is 5.92 Å². The van der Waals surface area contributed by atoms with Gasteiger partial charge in [0.25, 0.3) is 10.0 Å². The monoisotopic (exact) mass is 568 g/mol. The molecule has 0 spiro atoms. The lowest BCUT2D eigenvalue weighted by atomic mass is 9.98. The maximum absolute atomic E-state index is 13.3. The fourth-order valence-corrected chi connectivity index (χ4v) is 5.79. The molecule has 3 rings (SSSR count). The summed E-state index contributed by atoms with van der Waals surface area (Å²) >= 11 is 0. The number of hydrogen-bond donors (Lipinski definition) is 2. The number of carbonyl (C=O) groups is 2. The summed E-state index contributed by atoms with van der Waals surface area (Å²) in [7, 11) is -3.97. The third kappa shape index (κ3) is 7.29. The highest BCUT2D eigenvalue weighted by Crippen LogP contribution is 2.30. The number of aryl methyl sites for hydroxylation is 1. The molecule has 0 radical (unpaired) electrons. The number of likely N-dealkylation sites (N-methyl/N-ethyl adjacent to an activating group) is 1. The lowest BCUT2D eigenvalue weighted by molar-refractivity contribution is -0.143. The van der Waals surface area contributed by atoms with Crippen LogP contribution in [-0.2, 0) is 26.2 Å². The van der Waals surface area contributed by atoms with Gasteiger partial charge in [-0.05, 0) is 50.3 Å². The van der Waals surface area contributed by atoms with Gasteiger partial charge in [0.2, 0.25) is 17.7 Å². The third-order valence-electron chi connectivity index (χ3n) is 6.83. The molecule has 0 fully saturated rings. The summed E-state index contributed by atoms with van der Waals surface area (Å²) in [5.74, 6) is -0.209. The largest absolute Gasteiger partial charge is 0.355 e. The average Bonchev–Trinajstić information content (AvgIpc) is 3.23. The summed E-state index contributed by atoms with van der Waals surface area (Å²) in [6.07, 6.45) is 2.01. The molecule has 0 bridgehead atoms. The Kier molecular flexibility index (Phi) is 10.5. The molecule has 2 amide bonds. The van der Waals surface area contributed by atoms with Gasteiger partial charge in [-0.2, -0.15) is 0 Å². The zero-order valence-electron chi connectivity index (χ0n) is 24.2. The second-order valence-corrected chi connectivity index (χ2v) is 11.9. The Morgan fingerprint density at radius 1 is 1.02 bits per heavy atom. The SMILES string of the molecule is CCCCC(=O)N(Cc1ccc(-c2ccccc2S(=O)(=O)Nc2onc(C)c2C)cc1)C(C(=O)NCC)C(C)C. The van der Waals surface area contributed by atoms with Crippen molar-refractivity contribution < 1.29 is 22.5 Å². The number of anilines is 1. The third-order valence-corrected chi connectivity index (χ3v) is 8.22. The summed E-state index contributed by atoms with van der Waals surface area (Å²) < 4.78 is 34.3. The maximum Gasteiger partial charge on any atom is 0.264 e. The Morgan fingerprint density at radius 2 is 1.70 bits per heavy atom. The minimum absolute atomic E-state index is 0.0589. The van der Waals surface area contributed by atoms with Gasteiger partial charge in [-0.3, -0.25) is 9.59 Å². The van der Waals surface area contributed by atoms with Crippen LogP contribution < -0.4 is 10.0 Å². The van der Waals surface area contributed by atoms with Crippen molar-refractivity contribution in [1.82, 2.24) is 15.4 Å². The normalized spacial score (nSPS) is 12.3. The number of sulfonamides is 1. The van der Waals surface area contributed by atoms with Gasteiger partial charge >= 0.3 is 0 Å². The highest BCUT2D eigenvalue weighted by molar-refractivity contribution is 7.92. The fourth-order valence-electron chi connectivity index (χ4n) is 4.51. The standard InChI is InChI=1S/C30H40N4O5S/c1-7-9-14-27(35)34(28(20(3)4)29(36)31-8-2)19-23-15-17-24(18-16-23)25-12-10-11-13-26(25)40(37,38)33-30-21(5)22(6)32-39-30/h10-13,15-18,20,28,33H,7-9,14,19H2,1-6H3,(H,31,36). The van der Waals surface area contributed by atoms with Crippen molar-refractivity contribution >= 4 is 27.7 Å². The van der Waals surface area contributed by atoms with Crippen LogP contribution in [0, 0.1) is 19.8 Å². The Labute approximate surface area is 237 Å². The summed E-state index contributed by atoms with van der Waals surface area (Å²) in [5.41, 5.74) is 3.29. The van der Waals surface area contributed by atoms with Crippen LogP contribution in [-0.4, -0.2) is 42.9 Å².